The maximum Gasteiger partial charge on any atom is 0.254 e. The SMILES string of the molecule is O=C(NC1CCN(C(=O)c2ccccc2SCC(=O)N2CCc3ccccc32)CC1)c1ccccc1. The van der Waals surface area contributed by atoms with Gasteiger partial charge >= 0.3 is 0 Å². The molecule has 1 saturated heterocycles. The number of amides is 3. The monoisotopic (exact) mass is 499 g/mol. The van der Waals surface area contributed by atoms with Gasteiger partial charge in [0.1, 0.15) is 0 Å². The van der Waals surface area contributed by atoms with Crippen LogP contribution in [0.1, 0.15) is 39.1 Å². The third kappa shape index (κ3) is 5.31. The molecule has 5 rings (SSSR count). The summed E-state index contributed by atoms with van der Waals surface area (Å²) in [7, 11) is 0. The number of fused-ring (bicyclic) bond motifs is 1. The maximum absolute atomic E-state index is 13.4. The van der Waals surface area contributed by atoms with Crippen molar-refractivity contribution in [2.24, 2.45) is 0 Å². The van der Waals surface area contributed by atoms with Crippen molar-refractivity contribution < 1.29 is 14.4 Å². The molecule has 36 heavy (non-hydrogen) atoms. The number of benzene rings is 3. The molecule has 2 aliphatic heterocycles. The van der Waals surface area contributed by atoms with Gasteiger partial charge in [-0.05, 0) is 55.2 Å². The number of piperidine rings is 1. The topological polar surface area (TPSA) is 69.7 Å². The Kier molecular flexibility index (Phi) is 7.37. The number of nitrogens with one attached hydrogen (secondary N) is 1. The number of anilines is 1. The second-order valence-electron chi connectivity index (χ2n) is 9.11. The molecule has 2 heterocycles. The average Bonchev–Trinajstić information content (AvgIpc) is 3.37. The lowest BCUT2D eigenvalue weighted by atomic mass is 10.0. The van der Waals surface area contributed by atoms with Gasteiger partial charge in [-0.2, -0.15) is 0 Å². The Hall–Kier alpha value is -3.58. The minimum absolute atomic E-state index is 0.0232. The molecule has 1 N–H and O–H groups in total. The van der Waals surface area contributed by atoms with Crippen LogP contribution in [-0.2, 0) is 11.2 Å². The summed E-state index contributed by atoms with van der Waals surface area (Å²) >= 11 is 1.42. The molecule has 3 aromatic rings. The molecule has 1 fully saturated rings. The normalized spacial score (nSPS) is 15.4. The standard InChI is InChI=1S/C29H29N3O3S/c33-27(32-19-14-21-8-4-6-12-25(21)32)20-36-26-13-7-5-11-24(26)29(35)31-17-15-23(16-18-31)30-28(34)22-9-2-1-3-10-22/h1-13,23H,14-20H2,(H,30,34). The Morgan fingerprint density at radius 1 is 0.833 bits per heavy atom. The molecule has 7 heteroatoms. The first-order chi connectivity index (χ1) is 17.6. The molecule has 0 saturated carbocycles. The van der Waals surface area contributed by atoms with Crippen molar-refractivity contribution in [3.05, 3.63) is 95.6 Å². The summed E-state index contributed by atoms with van der Waals surface area (Å²) in [5.41, 5.74) is 3.47. The largest absolute Gasteiger partial charge is 0.349 e. The van der Waals surface area contributed by atoms with E-state index < -0.39 is 0 Å². The van der Waals surface area contributed by atoms with Crippen LogP contribution < -0.4 is 10.2 Å². The highest BCUT2D eigenvalue weighted by Gasteiger charge is 2.27. The zero-order valence-electron chi connectivity index (χ0n) is 20.1. The molecule has 3 aromatic carbocycles. The van der Waals surface area contributed by atoms with Gasteiger partial charge in [0, 0.05) is 41.8 Å². The van der Waals surface area contributed by atoms with Crippen LogP contribution in [0.25, 0.3) is 0 Å². The van der Waals surface area contributed by atoms with E-state index in [4.69, 9.17) is 0 Å². The second-order valence-corrected chi connectivity index (χ2v) is 10.1. The summed E-state index contributed by atoms with van der Waals surface area (Å²) in [4.78, 5) is 43.3. The average molecular weight is 500 g/mol. The zero-order chi connectivity index (χ0) is 24.9. The summed E-state index contributed by atoms with van der Waals surface area (Å²) in [5.74, 6) is 0.242. The summed E-state index contributed by atoms with van der Waals surface area (Å²) < 4.78 is 0. The van der Waals surface area contributed by atoms with Crippen molar-refractivity contribution in [1.82, 2.24) is 10.2 Å². The lowest BCUT2D eigenvalue weighted by molar-refractivity contribution is -0.116. The highest BCUT2D eigenvalue weighted by molar-refractivity contribution is 8.00. The molecule has 0 radical (unpaired) electrons. The summed E-state index contributed by atoms with van der Waals surface area (Å²) in [6.45, 7) is 1.87. The number of rotatable bonds is 6. The van der Waals surface area contributed by atoms with Gasteiger partial charge < -0.3 is 15.1 Å². The highest BCUT2D eigenvalue weighted by Crippen LogP contribution is 2.30. The number of likely N-dealkylation sites (tertiary alicyclic amines) is 1. The molecule has 0 bridgehead atoms. The number of thioether (sulfide) groups is 1. The predicted molar refractivity (Wildman–Crippen MR) is 142 cm³/mol. The lowest BCUT2D eigenvalue weighted by Crippen LogP contribution is -2.46. The van der Waals surface area contributed by atoms with Crippen LogP contribution in [0.5, 0.6) is 0 Å². The molecule has 0 atom stereocenters. The Morgan fingerprint density at radius 2 is 1.53 bits per heavy atom. The summed E-state index contributed by atoms with van der Waals surface area (Å²) in [6.07, 6.45) is 2.31. The number of carbonyl (C=O) groups is 3. The minimum Gasteiger partial charge on any atom is -0.349 e. The van der Waals surface area contributed by atoms with E-state index in [9.17, 15) is 14.4 Å². The third-order valence-corrected chi connectivity index (χ3v) is 7.87. The van der Waals surface area contributed by atoms with Crippen LogP contribution in [0.15, 0.2) is 83.8 Å². The fourth-order valence-electron chi connectivity index (χ4n) is 4.84. The molecule has 0 spiro atoms. The first-order valence-corrected chi connectivity index (χ1v) is 13.3. The molecule has 184 valence electrons. The Balaban J connectivity index is 1.17. The molecule has 6 nitrogen and oxygen atoms in total. The van der Waals surface area contributed by atoms with Gasteiger partial charge in [0.15, 0.2) is 0 Å². The van der Waals surface area contributed by atoms with Gasteiger partial charge in [-0.15, -0.1) is 11.8 Å². The summed E-state index contributed by atoms with van der Waals surface area (Å²) in [6, 6.07) is 24.8. The Labute approximate surface area is 215 Å². The van der Waals surface area contributed by atoms with Crippen molar-refractivity contribution in [1.29, 1.82) is 0 Å². The quantitative estimate of drug-likeness (QED) is 0.511. The molecule has 3 amide bonds. The van der Waals surface area contributed by atoms with Crippen LogP contribution in [0.4, 0.5) is 5.69 Å². The van der Waals surface area contributed by atoms with E-state index in [-0.39, 0.29) is 29.5 Å². The number of hydrogen-bond donors (Lipinski definition) is 1. The number of carbonyl (C=O) groups excluding carboxylic acids is 3. The maximum atomic E-state index is 13.4. The van der Waals surface area contributed by atoms with Gasteiger partial charge in [0.05, 0.1) is 11.3 Å². The van der Waals surface area contributed by atoms with Crippen molar-refractivity contribution in [2.45, 2.75) is 30.2 Å². The van der Waals surface area contributed by atoms with Crippen molar-refractivity contribution in [3.8, 4) is 0 Å². The van der Waals surface area contributed by atoms with E-state index in [1.807, 2.05) is 70.5 Å². The highest BCUT2D eigenvalue weighted by atomic mass is 32.2. The number of nitrogens with zero attached hydrogens (tertiary/aromatic N) is 2. The van der Waals surface area contributed by atoms with Crippen molar-refractivity contribution >= 4 is 35.2 Å². The smallest absolute Gasteiger partial charge is 0.254 e. The van der Waals surface area contributed by atoms with E-state index >= 15 is 0 Å². The van der Waals surface area contributed by atoms with E-state index in [1.165, 1.54) is 17.3 Å². The zero-order valence-corrected chi connectivity index (χ0v) is 20.9. The van der Waals surface area contributed by atoms with E-state index in [0.717, 1.165) is 17.0 Å². The molecule has 2 aliphatic rings. The van der Waals surface area contributed by atoms with Gasteiger partial charge in [0.2, 0.25) is 5.91 Å². The van der Waals surface area contributed by atoms with E-state index in [2.05, 4.69) is 11.4 Å². The minimum atomic E-state index is -0.0765. The van der Waals surface area contributed by atoms with Crippen LogP contribution >= 0.6 is 11.8 Å². The summed E-state index contributed by atoms with van der Waals surface area (Å²) in [5, 5.41) is 3.09. The molecular weight excluding hydrogens is 470 g/mol. The lowest BCUT2D eigenvalue weighted by Gasteiger charge is -2.32. The Morgan fingerprint density at radius 3 is 2.33 bits per heavy atom. The van der Waals surface area contributed by atoms with Crippen molar-refractivity contribution in [3.63, 3.8) is 0 Å². The fraction of sp³-hybridized carbons (Fsp3) is 0.276. The molecule has 0 unspecified atom stereocenters. The fourth-order valence-corrected chi connectivity index (χ4v) is 5.76. The molecule has 0 aromatic heterocycles. The van der Waals surface area contributed by atoms with E-state index in [1.54, 1.807) is 12.1 Å². The van der Waals surface area contributed by atoms with E-state index in [0.29, 0.717) is 43.6 Å². The number of hydrogen-bond acceptors (Lipinski definition) is 4. The molecular formula is C29H29N3O3S. The third-order valence-electron chi connectivity index (χ3n) is 6.81. The first kappa shape index (κ1) is 24.1. The van der Waals surface area contributed by atoms with Gasteiger partial charge in [-0.3, -0.25) is 14.4 Å². The van der Waals surface area contributed by atoms with Crippen LogP contribution in [-0.4, -0.2) is 54.1 Å². The predicted octanol–water partition coefficient (Wildman–Crippen LogP) is 4.40. The van der Waals surface area contributed by atoms with Crippen LogP contribution in [0, 0.1) is 0 Å². The second kappa shape index (κ2) is 11.0. The van der Waals surface area contributed by atoms with Gasteiger partial charge in [0.25, 0.3) is 11.8 Å². The van der Waals surface area contributed by atoms with Crippen LogP contribution in [0.2, 0.25) is 0 Å². The van der Waals surface area contributed by atoms with Crippen LogP contribution in [0.3, 0.4) is 0 Å². The van der Waals surface area contributed by atoms with Gasteiger partial charge in [-0.25, -0.2) is 0 Å². The number of para-hydroxylation sites is 1. The van der Waals surface area contributed by atoms with Gasteiger partial charge in [-0.1, -0.05) is 48.5 Å². The van der Waals surface area contributed by atoms with Crippen molar-refractivity contribution in [2.75, 3.05) is 30.3 Å². The Bertz CT molecular complexity index is 1260. The first-order valence-electron chi connectivity index (χ1n) is 12.4. The molecule has 0 aliphatic carbocycles.